The number of para-hydroxylation sites is 1. The van der Waals surface area contributed by atoms with Crippen LogP contribution in [0.3, 0.4) is 0 Å². The van der Waals surface area contributed by atoms with Crippen molar-refractivity contribution in [2.45, 2.75) is 31.6 Å². The van der Waals surface area contributed by atoms with Crippen LogP contribution in [0.1, 0.15) is 54.0 Å². The van der Waals surface area contributed by atoms with Crippen LogP contribution in [0.25, 0.3) is 44.2 Å². The average molecular weight is 763 g/mol. The van der Waals surface area contributed by atoms with Gasteiger partial charge in [-0.1, -0.05) is 166 Å². The van der Waals surface area contributed by atoms with Gasteiger partial charge in [0.25, 0.3) is 0 Å². The molecular formula is C54H42N4O. The number of rotatable bonds is 7. The van der Waals surface area contributed by atoms with Gasteiger partial charge in [0, 0.05) is 22.2 Å². The molecule has 2 aliphatic rings. The number of nitrogens with zero attached hydrogens (tertiary/aromatic N) is 2. The highest BCUT2D eigenvalue weighted by Crippen LogP contribution is 2.52. The lowest BCUT2D eigenvalue weighted by Gasteiger charge is -2.32. The van der Waals surface area contributed by atoms with Gasteiger partial charge in [-0.2, -0.15) is 0 Å². The Hall–Kier alpha value is -7.21. The third-order valence-electron chi connectivity index (χ3n) is 12.2. The fraction of sp³-hybridized carbons (Fsp3) is 0.0926. The largest absolute Gasteiger partial charge is 0.455 e. The molecule has 5 nitrogen and oxygen atoms in total. The van der Waals surface area contributed by atoms with Crippen molar-refractivity contribution in [3.05, 3.63) is 222 Å². The second kappa shape index (κ2) is 14.0. The van der Waals surface area contributed by atoms with E-state index in [-0.39, 0.29) is 17.7 Å². The monoisotopic (exact) mass is 762 g/mol. The van der Waals surface area contributed by atoms with E-state index in [2.05, 4.69) is 211 Å². The molecule has 0 spiro atoms. The normalized spacial score (nSPS) is 16.6. The zero-order valence-corrected chi connectivity index (χ0v) is 32.9. The molecule has 1 aromatic heterocycles. The molecule has 59 heavy (non-hydrogen) atoms. The van der Waals surface area contributed by atoms with Crippen LogP contribution >= 0.6 is 0 Å². The summed E-state index contributed by atoms with van der Waals surface area (Å²) in [6.07, 6.45) is -0.443. The minimum absolute atomic E-state index is 0.157. The van der Waals surface area contributed by atoms with Gasteiger partial charge in [-0.15, -0.1) is 0 Å². The Morgan fingerprint density at radius 1 is 0.542 bits per heavy atom. The third kappa shape index (κ3) is 5.93. The van der Waals surface area contributed by atoms with Crippen molar-refractivity contribution in [2.24, 2.45) is 4.99 Å². The summed E-state index contributed by atoms with van der Waals surface area (Å²) in [4.78, 5) is 7.75. The van der Waals surface area contributed by atoms with E-state index < -0.39 is 0 Å². The zero-order valence-electron chi connectivity index (χ0n) is 32.9. The van der Waals surface area contributed by atoms with E-state index in [1.54, 1.807) is 0 Å². The van der Waals surface area contributed by atoms with E-state index in [0.29, 0.717) is 0 Å². The van der Waals surface area contributed by atoms with Crippen molar-refractivity contribution in [2.75, 3.05) is 4.90 Å². The van der Waals surface area contributed by atoms with Gasteiger partial charge in [0.2, 0.25) is 0 Å². The van der Waals surface area contributed by atoms with Gasteiger partial charge < -0.3 is 14.6 Å². The summed E-state index contributed by atoms with van der Waals surface area (Å²) in [5.41, 5.74) is 15.4. The lowest BCUT2D eigenvalue weighted by Crippen LogP contribution is -2.45. The molecule has 8 aromatic carbocycles. The molecule has 0 fully saturated rings. The quantitative estimate of drug-likeness (QED) is 0.170. The van der Waals surface area contributed by atoms with Crippen LogP contribution in [0.5, 0.6) is 0 Å². The summed E-state index contributed by atoms with van der Waals surface area (Å²) in [6.45, 7) is 4.68. The van der Waals surface area contributed by atoms with E-state index in [1.165, 1.54) is 33.4 Å². The van der Waals surface area contributed by atoms with Gasteiger partial charge in [0.15, 0.2) is 0 Å². The zero-order chi connectivity index (χ0) is 39.5. The molecule has 2 atom stereocenters. The second-order valence-corrected chi connectivity index (χ2v) is 16.0. The summed E-state index contributed by atoms with van der Waals surface area (Å²) in [7, 11) is 0. The van der Waals surface area contributed by atoms with Crippen LogP contribution in [-0.2, 0) is 5.41 Å². The average Bonchev–Trinajstić information content (AvgIpc) is 3.80. The minimum Gasteiger partial charge on any atom is -0.455 e. The molecule has 0 bridgehead atoms. The molecule has 0 amide bonds. The molecule has 0 saturated carbocycles. The smallest absolute Gasteiger partial charge is 0.148 e. The maximum Gasteiger partial charge on any atom is 0.148 e. The molecule has 0 saturated heterocycles. The first kappa shape index (κ1) is 35.0. The molecule has 284 valence electrons. The number of fused-ring (bicyclic) bond motifs is 6. The SMILES string of the molecule is CC1(C)c2ccccc2-c2ccc(N(c3ccc(-c4ccccc4)cc3)c3ccc(C4=NC(c5ccccc5)NC(c5ccccc5)N4)c4oc5ccccc5c34)cc21. The number of nitrogens with one attached hydrogen (secondary N) is 2. The van der Waals surface area contributed by atoms with E-state index in [0.717, 1.165) is 61.5 Å². The lowest BCUT2D eigenvalue weighted by molar-refractivity contribution is 0.409. The number of anilines is 3. The third-order valence-corrected chi connectivity index (χ3v) is 12.2. The van der Waals surface area contributed by atoms with Crippen LogP contribution in [0, 0.1) is 0 Å². The Balaban J connectivity index is 1.12. The molecule has 2 N–H and O–H groups in total. The van der Waals surface area contributed by atoms with Crippen molar-refractivity contribution < 1.29 is 4.42 Å². The summed E-state index contributed by atoms with van der Waals surface area (Å²) in [5, 5.41) is 9.59. The van der Waals surface area contributed by atoms with Gasteiger partial charge in [-0.25, -0.2) is 4.99 Å². The topological polar surface area (TPSA) is 52.8 Å². The maximum atomic E-state index is 6.94. The first-order valence-corrected chi connectivity index (χ1v) is 20.4. The van der Waals surface area contributed by atoms with E-state index in [9.17, 15) is 0 Å². The fourth-order valence-corrected chi connectivity index (χ4v) is 9.19. The van der Waals surface area contributed by atoms with Crippen LogP contribution < -0.4 is 15.5 Å². The van der Waals surface area contributed by atoms with Crippen LogP contribution in [0.2, 0.25) is 0 Å². The number of amidine groups is 1. The summed E-state index contributed by atoms with van der Waals surface area (Å²) in [6, 6.07) is 69.1. The van der Waals surface area contributed by atoms with Gasteiger partial charge in [-0.3, -0.25) is 5.32 Å². The van der Waals surface area contributed by atoms with Crippen molar-refractivity contribution in [3.8, 4) is 22.3 Å². The Bertz CT molecular complexity index is 3020. The molecular weight excluding hydrogens is 721 g/mol. The Morgan fingerprint density at radius 3 is 1.93 bits per heavy atom. The van der Waals surface area contributed by atoms with Crippen molar-refractivity contribution in [1.29, 1.82) is 0 Å². The minimum atomic E-state index is -0.268. The van der Waals surface area contributed by atoms with Crippen molar-refractivity contribution >= 4 is 44.8 Å². The Kier molecular flexibility index (Phi) is 8.31. The lowest BCUT2D eigenvalue weighted by atomic mass is 9.82. The fourth-order valence-electron chi connectivity index (χ4n) is 9.19. The van der Waals surface area contributed by atoms with Crippen LogP contribution in [0.15, 0.2) is 204 Å². The number of hydrogen-bond acceptors (Lipinski definition) is 5. The number of benzene rings is 8. The summed E-state index contributed by atoms with van der Waals surface area (Å²) in [5.74, 6) is 0.776. The first-order valence-electron chi connectivity index (χ1n) is 20.4. The highest BCUT2D eigenvalue weighted by molar-refractivity contribution is 6.20. The number of aliphatic imine (C=N–C) groups is 1. The highest BCUT2D eigenvalue weighted by Gasteiger charge is 2.36. The summed E-state index contributed by atoms with van der Waals surface area (Å²) < 4.78 is 6.94. The molecule has 9 aromatic rings. The molecule has 5 heteroatoms. The number of furan rings is 1. The Labute approximate surface area is 344 Å². The Morgan fingerprint density at radius 2 is 1.15 bits per heavy atom. The van der Waals surface area contributed by atoms with E-state index >= 15 is 0 Å². The molecule has 2 unspecified atom stereocenters. The predicted octanol–water partition coefficient (Wildman–Crippen LogP) is 13.4. The van der Waals surface area contributed by atoms with Gasteiger partial charge in [-0.05, 0) is 87.0 Å². The van der Waals surface area contributed by atoms with Crippen LogP contribution in [-0.4, -0.2) is 5.84 Å². The maximum absolute atomic E-state index is 6.94. The molecule has 0 radical (unpaired) electrons. The second-order valence-electron chi connectivity index (χ2n) is 16.0. The number of hydrogen-bond donors (Lipinski definition) is 2. The van der Waals surface area contributed by atoms with Gasteiger partial charge in [0.1, 0.15) is 29.3 Å². The van der Waals surface area contributed by atoms with Crippen molar-refractivity contribution in [3.63, 3.8) is 0 Å². The van der Waals surface area contributed by atoms with Crippen LogP contribution in [0.4, 0.5) is 17.1 Å². The standard InChI is InChI=1S/C54H42N4O/c1-54(2)45-24-14-12-22-41(45)42-31-30-40(34-46(42)54)58(39-28-26-36(27-29-39)35-16-6-3-7-17-35)47-33-32-44(50-49(47)43-23-13-15-25-48(43)59-50)53-56-51(37-18-8-4-9-19-37)55-52(57-53)38-20-10-5-11-21-38/h3-34,51-52,55H,1-2H3,(H,56,57). The van der Waals surface area contributed by atoms with E-state index in [1.807, 2.05) is 12.1 Å². The summed E-state index contributed by atoms with van der Waals surface area (Å²) >= 11 is 0. The molecule has 1 aliphatic heterocycles. The molecule has 1 aliphatic carbocycles. The first-order chi connectivity index (χ1) is 29.0. The molecule has 2 heterocycles. The highest BCUT2D eigenvalue weighted by atomic mass is 16.3. The van der Waals surface area contributed by atoms with Gasteiger partial charge in [0.05, 0.1) is 16.6 Å². The van der Waals surface area contributed by atoms with Gasteiger partial charge >= 0.3 is 0 Å². The predicted molar refractivity (Wildman–Crippen MR) is 243 cm³/mol. The van der Waals surface area contributed by atoms with E-state index in [4.69, 9.17) is 9.41 Å². The molecule has 11 rings (SSSR count). The van der Waals surface area contributed by atoms with Crippen molar-refractivity contribution in [1.82, 2.24) is 10.6 Å².